The molecule has 0 atom stereocenters. The average molecular weight is 366 g/mol. The highest BCUT2D eigenvalue weighted by Gasteiger charge is 2.22. The number of ether oxygens (including phenoxy) is 1. The Morgan fingerprint density at radius 3 is 2.77 bits per heavy atom. The molecule has 2 heterocycles. The van der Waals surface area contributed by atoms with E-state index in [2.05, 4.69) is 17.1 Å². The van der Waals surface area contributed by atoms with Gasteiger partial charge in [-0.1, -0.05) is 12.1 Å². The predicted molar refractivity (Wildman–Crippen MR) is 106 cm³/mol. The minimum absolute atomic E-state index is 0.0140. The Bertz CT molecular complexity index is 1010. The number of aryl methyl sites for hydroxylation is 3. The second-order valence-electron chi connectivity index (χ2n) is 6.90. The molecule has 5 heteroatoms. The van der Waals surface area contributed by atoms with Crippen molar-refractivity contribution >= 4 is 33.0 Å². The zero-order valence-corrected chi connectivity index (χ0v) is 15.9. The van der Waals surface area contributed by atoms with Gasteiger partial charge in [-0.2, -0.15) is 0 Å². The van der Waals surface area contributed by atoms with Gasteiger partial charge in [-0.15, -0.1) is 11.3 Å². The van der Waals surface area contributed by atoms with Crippen molar-refractivity contribution in [3.05, 3.63) is 57.1 Å². The van der Waals surface area contributed by atoms with Crippen LogP contribution in [0.25, 0.3) is 10.2 Å². The molecule has 3 aromatic rings. The monoisotopic (exact) mass is 366 g/mol. The van der Waals surface area contributed by atoms with E-state index in [0.717, 1.165) is 34.3 Å². The van der Waals surface area contributed by atoms with Gasteiger partial charge in [-0.3, -0.25) is 4.79 Å². The molecule has 1 aliphatic rings. The van der Waals surface area contributed by atoms with E-state index in [4.69, 9.17) is 10.5 Å². The Morgan fingerprint density at radius 1 is 1.23 bits per heavy atom. The number of hydrogen-bond acceptors (Lipinski definition) is 5. The molecule has 134 valence electrons. The molecular formula is C21H22N2O2S. The Kier molecular flexibility index (Phi) is 4.51. The van der Waals surface area contributed by atoms with Gasteiger partial charge in [0.1, 0.15) is 9.71 Å². The zero-order valence-electron chi connectivity index (χ0n) is 15.1. The van der Waals surface area contributed by atoms with Crippen molar-refractivity contribution in [3.8, 4) is 0 Å². The van der Waals surface area contributed by atoms with E-state index in [1.165, 1.54) is 35.3 Å². The van der Waals surface area contributed by atoms with Crippen LogP contribution in [0.1, 0.15) is 50.5 Å². The van der Waals surface area contributed by atoms with Crippen LogP contribution in [-0.2, 0) is 24.2 Å². The first-order chi connectivity index (χ1) is 12.6. The van der Waals surface area contributed by atoms with E-state index in [1.807, 2.05) is 19.1 Å². The zero-order chi connectivity index (χ0) is 18.3. The number of nitrogens with zero attached hydrogens (tertiary/aromatic N) is 1. The fraction of sp³-hybridized carbons (Fsp3) is 0.333. The lowest BCUT2D eigenvalue weighted by Crippen LogP contribution is -2.07. The van der Waals surface area contributed by atoms with Crippen molar-refractivity contribution in [3.63, 3.8) is 0 Å². The number of anilines is 1. The van der Waals surface area contributed by atoms with Gasteiger partial charge in [0.25, 0.3) is 0 Å². The lowest BCUT2D eigenvalue weighted by molar-refractivity contribution is 0.104. The molecule has 0 radical (unpaired) electrons. The molecule has 0 saturated carbocycles. The largest absolute Gasteiger partial charge is 0.397 e. The number of rotatable bonds is 4. The molecule has 1 aromatic carbocycles. The third-order valence-corrected chi connectivity index (χ3v) is 6.12. The molecule has 0 fully saturated rings. The topological polar surface area (TPSA) is 65.2 Å². The Hall–Kier alpha value is -2.24. The van der Waals surface area contributed by atoms with E-state index in [0.29, 0.717) is 22.7 Å². The summed E-state index contributed by atoms with van der Waals surface area (Å²) in [6.07, 6.45) is 4.59. The first-order valence-electron chi connectivity index (χ1n) is 8.92. The summed E-state index contributed by atoms with van der Waals surface area (Å²) in [6.45, 7) is 2.40. The molecule has 0 bridgehead atoms. The highest BCUT2D eigenvalue weighted by atomic mass is 32.1. The number of pyridine rings is 1. The van der Waals surface area contributed by atoms with Crippen LogP contribution >= 0.6 is 11.3 Å². The highest BCUT2D eigenvalue weighted by Crippen LogP contribution is 2.37. The Balaban J connectivity index is 1.80. The normalized spacial score (nSPS) is 13.8. The summed E-state index contributed by atoms with van der Waals surface area (Å²) in [4.78, 5) is 19.1. The summed E-state index contributed by atoms with van der Waals surface area (Å²) in [5, 5.41) is 0.851. The second-order valence-corrected chi connectivity index (χ2v) is 7.90. The number of fused-ring (bicyclic) bond motifs is 2. The van der Waals surface area contributed by atoms with E-state index < -0.39 is 0 Å². The van der Waals surface area contributed by atoms with Crippen molar-refractivity contribution in [2.24, 2.45) is 0 Å². The maximum absolute atomic E-state index is 13.1. The van der Waals surface area contributed by atoms with Gasteiger partial charge in [0.2, 0.25) is 5.78 Å². The SMILES string of the molecule is COCc1cc(C)nc2sc(C(=O)c3ccc4c(c3)CCCC4)c(N)c12. The molecular weight excluding hydrogens is 344 g/mol. The molecule has 0 aliphatic heterocycles. The Labute approximate surface area is 157 Å². The number of nitrogen functional groups attached to an aromatic ring is 1. The fourth-order valence-corrected chi connectivity index (χ4v) is 4.93. The van der Waals surface area contributed by atoms with E-state index in [1.54, 1.807) is 7.11 Å². The Morgan fingerprint density at radius 2 is 2.00 bits per heavy atom. The molecule has 2 aromatic heterocycles. The second kappa shape index (κ2) is 6.82. The van der Waals surface area contributed by atoms with Crippen molar-refractivity contribution in [1.29, 1.82) is 0 Å². The van der Waals surface area contributed by atoms with Gasteiger partial charge in [-0.25, -0.2) is 4.98 Å². The van der Waals surface area contributed by atoms with E-state index >= 15 is 0 Å². The molecule has 0 amide bonds. The van der Waals surface area contributed by atoms with Crippen LogP contribution in [0.3, 0.4) is 0 Å². The van der Waals surface area contributed by atoms with Crippen LogP contribution in [-0.4, -0.2) is 17.9 Å². The van der Waals surface area contributed by atoms with Gasteiger partial charge < -0.3 is 10.5 Å². The summed E-state index contributed by atoms with van der Waals surface area (Å²) in [5.74, 6) is -0.0140. The number of methoxy groups -OCH3 is 1. The number of carbonyl (C=O) groups is 1. The third kappa shape index (κ3) is 2.91. The third-order valence-electron chi connectivity index (χ3n) is 5.03. The van der Waals surface area contributed by atoms with Crippen LogP contribution in [0.2, 0.25) is 0 Å². The van der Waals surface area contributed by atoms with Gasteiger partial charge in [0.15, 0.2) is 0 Å². The van der Waals surface area contributed by atoms with Gasteiger partial charge in [0, 0.05) is 23.8 Å². The maximum atomic E-state index is 13.1. The minimum atomic E-state index is -0.0140. The predicted octanol–water partition coefficient (Wildman–Crippen LogP) is 4.44. The summed E-state index contributed by atoms with van der Waals surface area (Å²) >= 11 is 1.38. The molecule has 0 saturated heterocycles. The van der Waals surface area contributed by atoms with Gasteiger partial charge in [0.05, 0.1) is 12.3 Å². The molecule has 2 N–H and O–H groups in total. The quantitative estimate of drug-likeness (QED) is 0.693. The van der Waals surface area contributed by atoms with E-state index in [-0.39, 0.29) is 5.78 Å². The van der Waals surface area contributed by atoms with Crippen LogP contribution in [0, 0.1) is 6.92 Å². The molecule has 0 spiro atoms. The average Bonchev–Trinajstić information content (AvgIpc) is 2.97. The lowest BCUT2D eigenvalue weighted by atomic mass is 9.89. The smallest absolute Gasteiger partial charge is 0.205 e. The summed E-state index contributed by atoms with van der Waals surface area (Å²) in [5.41, 5.74) is 12.2. The number of thiophene rings is 1. The van der Waals surface area contributed by atoms with E-state index in [9.17, 15) is 4.79 Å². The number of ketones is 1. The molecule has 1 aliphatic carbocycles. The summed E-state index contributed by atoms with van der Waals surface area (Å²) in [6, 6.07) is 8.06. The van der Waals surface area contributed by atoms with Gasteiger partial charge >= 0.3 is 0 Å². The highest BCUT2D eigenvalue weighted by molar-refractivity contribution is 7.21. The standard InChI is InChI=1S/C21H22N2O2S/c1-12-9-16(11-25-2)17-18(22)20(26-21(17)23-12)19(24)15-8-7-13-5-3-4-6-14(13)10-15/h7-10H,3-6,11,22H2,1-2H3. The number of benzene rings is 1. The maximum Gasteiger partial charge on any atom is 0.205 e. The van der Waals surface area contributed by atoms with Crippen LogP contribution in [0.4, 0.5) is 5.69 Å². The molecule has 4 nitrogen and oxygen atoms in total. The first-order valence-corrected chi connectivity index (χ1v) is 9.74. The number of nitrogens with two attached hydrogens (primary N) is 1. The molecule has 26 heavy (non-hydrogen) atoms. The fourth-order valence-electron chi connectivity index (χ4n) is 3.78. The number of carbonyl (C=O) groups excluding carboxylic acids is 1. The van der Waals surface area contributed by atoms with Crippen molar-refractivity contribution < 1.29 is 9.53 Å². The van der Waals surface area contributed by atoms with Crippen LogP contribution in [0.5, 0.6) is 0 Å². The van der Waals surface area contributed by atoms with Crippen molar-refractivity contribution in [1.82, 2.24) is 4.98 Å². The van der Waals surface area contributed by atoms with Crippen LogP contribution in [0.15, 0.2) is 24.3 Å². The van der Waals surface area contributed by atoms with Gasteiger partial charge in [-0.05, 0) is 61.4 Å². The molecule has 4 rings (SSSR count). The number of hydrogen-bond donors (Lipinski definition) is 1. The first kappa shape index (κ1) is 17.2. The lowest BCUT2D eigenvalue weighted by Gasteiger charge is -2.16. The van der Waals surface area contributed by atoms with Crippen LogP contribution < -0.4 is 5.73 Å². The summed E-state index contributed by atoms with van der Waals surface area (Å²) in [7, 11) is 1.66. The summed E-state index contributed by atoms with van der Waals surface area (Å²) < 4.78 is 5.30. The number of aromatic nitrogens is 1. The van der Waals surface area contributed by atoms with Crippen molar-refractivity contribution in [2.45, 2.75) is 39.2 Å². The van der Waals surface area contributed by atoms with Crippen molar-refractivity contribution in [2.75, 3.05) is 12.8 Å². The minimum Gasteiger partial charge on any atom is -0.397 e. The molecule has 0 unspecified atom stereocenters.